The van der Waals surface area contributed by atoms with Crippen LogP contribution in [-0.2, 0) is 10.8 Å². The number of rotatable bonds is 3. The summed E-state index contributed by atoms with van der Waals surface area (Å²) in [5.74, 6) is 0.646. The van der Waals surface area contributed by atoms with Gasteiger partial charge in [-0.3, -0.25) is 0 Å². The van der Waals surface area contributed by atoms with E-state index in [9.17, 15) is 0 Å². The second-order valence-corrected chi connectivity index (χ2v) is 9.87. The molecule has 1 aromatic carbocycles. The van der Waals surface area contributed by atoms with E-state index in [0.29, 0.717) is 5.92 Å². The quantitative estimate of drug-likeness (QED) is 0.708. The Hall–Kier alpha value is -0.603. The molecule has 0 saturated heterocycles. The van der Waals surface area contributed by atoms with Crippen molar-refractivity contribution < 1.29 is 4.43 Å². The van der Waals surface area contributed by atoms with Crippen molar-refractivity contribution in [3.05, 3.63) is 35.4 Å². The minimum Gasteiger partial charge on any atom is -0.417 e. The average molecular weight is 220 g/mol. The molecule has 1 aromatic rings. The van der Waals surface area contributed by atoms with Gasteiger partial charge < -0.3 is 4.43 Å². The van der Waals surface area contributed by atoms with Gasteiger partial charge in [-0.25, -0.2) is 0 Å². The predicted octanol–water partition coefficient (Wildman–Crippen LogP) is 3.57. The first-order chi connectivity index (χ1) is 7.06. The van der Waals surface area contributed by atoms with Gasteiger partial charge in [-0.05, 0) is 43.6 Å². The Balaban J connectivity index is 2.02. The van der Waals surface area contributed by atoms with Crippen molar-refractivity contribution in [2.24, 2.45) is 0 Å². The third kappa shape index (κ3) is 2.70. The molecule has 0 aliphatic heterocycles. The lowest BCUT2D eigenvalue weighted by atomic mass is 10.0. The third-order valence-electron chi connectivity index (χ3n) is 2.97. The Kier molecular flexibility index (Phi) is 2.98. The van der Waals surface area contributed by atoms with Gasteiger partial charge in [0.05, 0.1) is 0 Å². The van der Waals surface area contributed by atoms with Crippen molar-refractivity contribution in [1.82, 2.24) is 0 Å². The maximum Gasteiger partial charge on any atom is 0.183 e. The zero-order chi connectivity index (χ0) is 10.9. The van der Waals surface area contributed by atoms with Crippen molar-refractivity contribution in [2.45, 2.75) is 38.4 Å². The van der Waals surface area contributed by atoms with Crippen LogP contribution < -0.4 is 0 Å². The van der Waals surface area contributed by atoms with Gasteiger partial charge in [0.15, 0.2) is 8.32 Å². The number of aryl methyl sites for hydroxylation is 1. The highest BCUT2D eigenvalue weighted by atomic mass is 28.4. The minimum atomic E-state index is -1.35. The number of benzene rings is 1. The second-order valence-electron chi connectivity index (χ2n) is 5.36. The van der Waals surface area contributed by atoms with Gasteiger partial charge in [0.25, 0.3) is 0 Å². The molecule has 2 rings (SSSR count). The number of fused-ring (bicyclic) bond motifs is 1. The van der Waals surface area contributed by atoms with Crippen LogP contribution in [0, 0.1) is 0 Å². The fourth-order valence-corrected chi connectivity index (χ4v) is 2.87. The topological polar surface area (TPSA) is 9.23 Å². The summed E-state index contributed by atoms with van der Waals surface area (Å²) < 4.78 is 6.01. The first-order valence-corrected chi connectivity index (χ1v) is 9.19. The van der Waals surface area contributed by atoms with E-state index in [1.807, 2.05) is 0 Å². The second kappa shape index (κ2) is 4.10. The van der Waals surface area contributed by atoms with E-state index in [0.717, 1.165) is 6.61 Å². The molecule has 0 N–H and O–H groups in total. The lowest BCUT2D eigenvalue weighted by Gasteiger charge is -2.21. The molecule has 1 unspecified atom stereocenters. The monoisotopic (exact) mass is 220 g/mol. The SMILES string of the molecule is C[Si](C)(C)OCC1CCc2ccccc21. The van der Waals surface area contributed by atoms with Gasteiger partial charge in [0, 0.05) is 12.5 Å². The van der Waals surface area contributed by atoms with Crippen LogP contribution in [0.15, 0.2) is 24.3 Å². The molecule has 0 amide bonds. The van der Waals surface area contributed by atoms with Crippen LogP contribution in [0.4, 0.5) is 0 Å². The van der Waals surface area contributed by atoms with Crippen LogP contribution in [-0.4, -0.2) is 14.9 Å². The smallest absolute Gasteiger partial charge is 0.183 e. The fraction of sp³-hybridized carbons (Fsp3) is 0.538. The Morgan fingerprint density at radius 1 is 1.27 bits per heavy atom. The van der Waals surface area contributed by atoms with E-state index in [-0.39, 0.29) is 0 Å². The van der Waals surface area contributed by atoms with Crippen molar-refractivity contribution in [1.29, 1.82) is 0 Å². The Bertz CT molecular complexity index is 341. The molecule has 1 nitrogen and oxygen atoms in total. The maximum atomic E-state index is 6.01. The van der Waals surface area contributed by atoms with Crippen molar-refractivity contribution in [3.8, 4) is 0 Å². The van der Waals surface area contributed by atoms with Gasteiger partial charge in [-0.2, -0.15) is 0 Å². The molecule has 1 aliphatic carbocycles. The summed E-state index contributed by atoms with van der Waals surface area (Å²) in [5, 5.41) is 0. The lowest BCUT2D eigenvalue weighted by molar-refractivity contribution is 0.281. The van der Waals surface area contributed by atoms with Crippen LogP contribution in [0.25, 0.3) is 0 Å². The van der Waals surface area contributed by atoms with Crippen LogP contribution in [0.2, 0.25) is 19.6 Å². The first kappa shape index (κ1) is 10.9. The van der Waals surface area contributed by atoms with E-state index in [2.05, 4.69) is 43.9 Å². The third-order valence-corrected chi connectivity index (χ3v) is 4.01. The molecule has 15 heavy (non-hydrogen) atoms. The van der Waals surface area contributed by atoms with Gasteiger partial charge in [-0.15, -0.1) is 0 Å². The van der Waals surface area contributed by atoms with Crippen molar-refractivity contribution in [3.63, 3.8) is 0 Å². The molecular weight excluding hydrogens is 200 g/mol. The molecule has 0 bridgehead atoms. The summed E-state index contributed by atoms with van der Waals surface area (Å²) >= 11 is 0. The molecule has 0 heterocycles. The summed E-state index contributed by atoms with van der Waals surface area (Å²) in [7, 11) is -1.35. The summed E-state index contributed by atoms with van der Waals surface area (Å²) in [4.78, 5) is 0. The van der Waals surface area contributed by atoms with Crippen LogP contribution in [0.5, 0.6) is 0 Å². The van der Waals surface area contributed by atoms with E-state index >= 15 is 0 Å². The molecule has 0 saturated carbocycles. The molecule has 82 valence electrons. The molecule has 2 heteroatoms. The Labute approximate surface area is 93.6 Å². The molecule has 1 aliphatic rings. The zero-order valence-electron chi connectivity index (χ0n) is 9.92. The highest BCUT2D eigenvalue weighted by molar-refractivity contribution is 6.69. The molecule has 0 fully saturated rings. The fourth-order valence-electron chi connectivity index (χ4n) is 2.17. The number of hydrogen-bond donors (Lipinski definition) is 0. The average Bonchev–Trinajstić information content (AvgIpc) is 2.57. The standard InChI is InChI=1S/C13H20OSi/c1-15(2,3)14-10-12-9-8-11-6-4-5-7-13(11)12/h4-7,12H,8-10H2,1-3H3. The van der Waals surface area contributed by atoms with Crippen LogP contribution in [0.1, 0.15) is 23.5 Å². The van der Waals surface area contributed by atoms with E-state index in [1.165, 1.54) is 24.0 Å². The largest absolute Gasteiger partial charge is 0.417 e. The zero-order valence-corrected chi connectivity index (χ0v) is 10.9. The predicted molar refractivity (Wildman–Crippen MR) is 66.8 cm³/mol. The lowest BCUT2D eigenvalue weighted by Crippen LogP contribution is -2.27. The summed E-state index contributed by atoms with van der Waals surface area (Å²) in [6.45, 7) is 7.70. The molecule has 0 radical (unpaired) electrons. The van der Waals surface area contributed by atoms with Gasteiger partial charge in [0.2, 0.25) is 0 Å². The van der Waals surface area contributed by atoms with Gasteiger partial charge in [-0.1, -0.05) is 24.3 Å². The summed E-state index contributed by atoms with van der Waals surface area (Å²) in [5.41, 5.74) is 3.05. The highest BCUT2D eigenvalue weighted by Crippen LogP contribution is 2.33. The Morgan fingerprint density at radius 2 is 2.00 bits per heavy atom. The normalized spacial score (nSPS) is 20.3. The molecular formula is C13H20OSi. The highest BCUT2D eigenvalue weighted by Gasteiger charge is 2.24. The van der Waals surface area contributed by atoms with Gasteiger partial charge in [0.1, 0.15) is 0 Å². The summed E-state index contributed by atoms with van der Waals surface area (Å²) in [6.07, 6.45) is 2.50. The summed E-state index contributed by atoms with van der Waals surface area (Å²) in [6, 6.07) is 8.80. The first-order valence-electron chi connectivity index (χ1n) is 5.78. The molecule has 0 aromatic heterocycles. The maximum absolute atomic E-state index is 6.01. The molecule has 1 atom stereocenters. The number of hydrogen-bond acceptors (Lipinski definition) is 1. The minimum absolute atomic E-state index is 0.646. The van der Waals surface area contributed by atoms with E-state index in [4.69, 9.17) is 4.43 Å². The van der Waals surface area contributed by atoms with E-state index in [1.54, 1.807) is 0 Å². The van der Waals surface area contributed by atoms with Crippen LogP contribution >= 0.6 is 0 Å². The Morgan fingerprint density at radius 3 is 2.73 bits per heavy atom. The van der Waals surface area contributed by atoms with Crippen molar-refractivity contribution in [2.75, 3.05) is 6.61 Å². The van der Waals surface area contributed by atoms with Gasteiger partial charge >= 0.3 is 0 Å². The van der Waals surface area contributed by atoms with E-state index < -0.39 is 8.32 Å². The van der Waals surface area contributed by atoms with Crippen molar-refractivity contribution >= 4 is 8.32 Å². The molecule has 0 spiro atoms. The van der Waals surface area contributed by atoms with Crippen LogP contribution in [0.3, 0.4) is 0 Å².